The van der Waals surface area contributed by atoms with Crippen molar-refractivity contribution in [2.24, 2.45) is 0 Å². The lowest BCUT2D eigenvalue weighted by molar-refractivity contribution is -0.139. The van der Waals surface area contributed by atoms with Crippen molar-refractivity contribution in [2.75, 3.05) is 0 Å². The number of halogens is 6. The molecule has 7 heteroatoms. The zero-order chi connectivity index (χ0) is 30.4. The molecule has 0 radical (unpaired) electrons. The van der Waals surface area contributed by atoms with Crippen LogP contribution < -0.4 is 4.74 Å². The Morgan fingerprint density at radius 2 is 1.26 bits per heavy atom. The minimum absolute atomic E-state index is 0.0426. The van der Waals surface area contributed by atoms with E-state index in [1.807, 2.05) is 72.8 Å². The van der Waals surface area contributed by atoms with E-state index in [0.29, 0.717) is 27.8 Å². The second-order valence-electron chi connectivity index (χ2n) is 11.5. The van der Waals surface area contributed by atoms with Gasteiger partial charge in [0.1, 0.15) is 5.75 Å². The summed E-state index contributed by atoms with van der Waals surface area (Å²) in [6.07, 6.45) is -5.56. The summed E-state index contributed by atoms with van der Waals surface area (Å²) in [4.78, 5) is 0. The lowest BCUT2D eigenvalue weighted by Gasteiger charge is -2.38. The van der Waals surface area contributed by atoms with Gasteiger partial charge in [-0.3, -0.25) is 0 Å². The maximum Gasteiger partial charge on any atom is 0.416 e. The topological polar surface area (TPSA) is 9.23 Å². The van der Waals surface area contributed by atoms with Crippen LogP contribution in [-0.4, -0.2) is 0 Å². The number of alkyl halides is 6. The lowest BCUT2D eigenvalue weighted by Crippen LogP contribution is -2.35. The molecule has 1 aliphatic carbocycles. The van der Waals surface area contributed by atoms with E-state index in [1.54, 1.807) is 19.9 Å². The Balaban J connectivity index is 1.61. The molecule has 0 amide bonds. The normalized spacial score (nSPS) is 16.4. The fraction of sp³-hybridized carbons (Fsp3) is 0.167. The fourth-order valence-corrected chi connectivity index (χ4v) is 6.89. The van der Waals surface area contributed by atoms with Crippen LogP contribution in [0.2, 0.25) is 0 Å². The standard InChI is InChI=1S/C36H24F6O/c1-33(2)30-25(14-9-15-28(30)36(40,41)42)29-27-20-23(35(37,38)39)16-17-24(27)32-26(31(29)33)18-19-34(43-32,21-10-5-3-6-11-21)22-12-7-4-8-13-22/h3-20H,1-2H3. The first-order valence-corrected chi connectivity index (χ1v) is 13.8. The average molecular weight is 587 g/mol. The molecular formula is C36H24F6O. The van der Waals surface area contributed by atoms with Gasteiger partial charge in [-0.15, -0.1) is 0 Å². The van der Waals surface area contributed by atoms with Crippen LogP contribution in [0.15, 0.2) is 103 Å². The van der Waals surface area contributed by atoms with Gasteiger partial charge in [-0.1, -0.05) is 98.8 Å². The van der Waals surface area contributed by atoms with Gasteiger partial charge in [-0.25, -0.2) is 0 Å². The van der Waals surface area contributed by atoms with Gasteiger partial charge in [0.15, 0.2) is 5.60 Å². The van der Waals surface area contributed by atoms with Gasteiger partial charge in [0.25, 0.3) is 0 Å². The zero-order valence-corrected chi connectivity index (χ0v) is 23.1. The van der Waals surface area contributed by atoms with Gasteiger partial charge in [0.2, 0.25) is 0 Å². The number of benzene rings is 5. The monoisotopic (exact) mass is 586 g/mol. The van der Waals surface area contributed by atoms with E-state index in [4.69, 9.17) is 4.74 Å². The van der Waals surface area contributed by atoms with Crippen LogP contribution in [0.4, 0.5) is 26.3 Å². The molecule has 43 heavy (non-hydrogen) atoms. The van der Waals surface area contributed by atoms with Crippen LogP contribution in [0.1, 0.15) is 52.8 Å². The molecular weight excluding hydrogens is 562 g/mol. The van der Waals surface area contributed by atoms with E-state index < -0.39 is 34.5 Å². The summed E-state index contributed by atoms with van der Waals surface area (Å²) in [7, 11) is 0. The van der Waals surface area contributed by atoms with Crippen LogP contribution in [0.3, 0.4) is 0 Å². The number of hydrogen-bond acceptors (Lipinski definition) is 1. The van der Waals surface area contributed by atoms with Gasteiger partial charge in [-0.2, -0.15) is 26.3 Å². The summed E-state index contributed by atoms with van der Waals surface area (Å²) in [6, 6.07) is 26.2. The summed E-state index contributed by atoms with van der Waals surface area (Å²) in [5.41, 5.74) is -0.678. The number of hydrogen-bond donors (Lipinski definition) is 0. The van der Waals surface area contributed by atoms with E-state index in [9.17, 15) is 26.3 Å². The molecule has 1 aliphatic heterocycles. The third-order valence-electron chi connectivity index (χ3n) is 8.67. The Morgan fingerprint density at radius 1 is 0.628 bits per heavy atom. The first-order valence-electron chi connectivity index (χ1n) is 13.8. The van der Waals surface area contributed by atoms with Crippen LogP contribution in [-0.2, 0) is 23.4 Å². The highest BCUT2D eigenvalue weighted by Crippen LogP contribution is 2.60. The molecule has 0 saturated carbocycles. The Kier molecular flexibility index (Phi) is 5.71. The minimum atomic E-state index is -4.65. The van der Waals surface area contributed by atoms with Gasteiger partial charge in [0.05, 0.1) is 11.1 Å². The van der Waals surface area contributed by atoms with Crippen molar-refractivity contribution in [3.8, 4) is 16.9 Å². The molecule has 0 N–H and O–H groups in total. The highest BCUT2D eigenvalue weighted by atomic mass is 19.4. The van der Waals surface area contributed by atoms with Gasteiger partial charge >= 0.3 is 12.4 Å². The summed E-state index contributed by atoms with van der Waals surface area (Å²) < 4.78 is 92.2. The van der Waals surface area contributed by atoms with Crippen molar-refractivity contribution in [2.45, 2.75) is 37.2 Å². The molecule has 0 unspecified atom stereocenters. The van der Waals surface area contributed by atoms with Crippen molar-refractivity contribution < 1.29 is 31.1 Å². The molecule has 216 valence electrons. The van der Waals surface area contributed by atoms with Crippen molar-refractivity contribution in [3.05, 3.63) is 142 Å². The van der Waals surface area contributed by atoms with Gasteiger partial charge < -0.3 is 4.74 Å². The largest absolute Gasteiger partial charge is 0.472 e. The molecule has 0 fully saturated rings. The number of fused-ring (bicyclic) bond motifs is 8. The number of ether oxygens (including phenoxy) is 1. The van der Waals surface area contributed by atoms with E-state index in [2.05, 4.69) is 0 Å². The SMILES string of the molecule is CC1(C)c2c(cccc2C(F)(F)F)-c2c1c1c(c3ccc(C(F)(F)F)cc23)OC(c2ccccc2)(c2ccccc2)C=C1. The predicted octanol–water partition coefficient (Wildman–Crippen LogP) is 10.5. The summed E-state index contributed by atoms with van der Waals surface area (Å²) >= 11 is 0. The van der Waals surface area contributed by atoms with Crippen molar-refractivity contribution in [1.29, 1.82) is 0 Å². The molecule has 0 atom stereocenters. The third kappa shape index (κ3) is 3.94. The molecule has 5 aromatic carbocycles. The molecule has 0 bridgehead atoms. The van der Waals surface area contributed by atoms with E-state index in [0.717, 1.165) is 29.3 Å². The van der Waals surface area contributed by atoms with Crippen molar-refractivity contribution >= 4 is 16.8 Å². The quantitative estimate of drug-likeness (QED) is 0.187. The second kappa shape index (κ2) is 8.99. The van der Waals surface area contributed by atoms with Crippen LogP contribution in [0.25, 0.3) is 28.0 Å². The molecule has 1 heterocycles. The number of rotatable bonds is 2. The van der Waals surface area contributed by atoms with Gasteiger partial charge in [-0.05, 0) is 51.9 Å². The van der Waals surface area contributed by atoms with Crippen LogP contribution in [0, 0.1) is 0 Å². The smallest absolute Gasteiger partial charge is 0.416 e. The summed E-state index contributed by atoms with van der Waals surface area (Å²) in [6.45, 7) is 3.38. The van der Waals surface area contributed by atoms with Crippen molar-refractivity contribution in [1.82, 2.24) is 0 Å². The van der Waals surface area contributed by atoms with Crippen LogP contribution >= 0.6 is 0 Å². The average Bonchev–Trinajstić information content (AvgIpc) is 3.23. The summed E-state index contributed by atoms with van der Waals surface area (Å²) in [5, 5.41) is 0.587. The predicted molar refractivity (Wildman–Crippen MR) is 155 cm³/mol. The summed E-state index contributed by atoms with van der Waals surface area (Å²) in [5.74, 6) is 0.326. The van der Waals surface area contributed by atoms with E-state index >= 15 is 0 Å². The van der Waals surface area contributed by atoms with Gasteiger partial charge in [0, 0.05) is 27.5 Å². The molecule has 1 nitrogen and oxygen atoms in total. The van der Waals surface area contributed by atoms with Crippen LogP contribution in [0.5, 0.6) is 5.75 Å². The lowest BCUT2D eigenvalue weighted by atomic mass is 9.75. The molecule has 0 spiro atoms. The third-order valence-corrected chi connectivity index (χ3v) is 8.67. The second-order valence-corrected chi connectivity index (χ2v) is 11.5. The Morgan fingerprint density at radius 3 is 1.84 bits per heavy atom. The molecule has 7 rings (SSSR count). The van der Waals surface area contributed by atoms with E-state index in [-0.39, 0.29) is 16.5 Å². The maximum atomic E-state index is 14.4. The fourth-order valence-electron chi connectivity index (χ4n) is 6.89. The highest BCUT2D eigenvalue weighted by molar-refractivity contribution is 6.09. The Labute approximate surface area is 244 Å². The molecule has 0 aromatic heterocycles. The maximum absolute atomic E-state index is 14.4. The first kappa shape index (κ1) is 27.3. The molecule has 0 saturated heterocycles. The Hall–Kier alpha value is -4.52. The Bertz CT molecular complexity index is 1890. The molecule has 2 aliphatic rings. The molecule has 5 aromatic rings. The van der Waals surface area contributed by atoms with E-state index in [1.165, 1.54) is 12.1 Å². The minimum Gasteiger partial charge on any atom is -0.472 e. The highest BCUT2D eigenvalue weighted by Gasteiger charge is 2.48. The zero-order valence-electron chi connectivity index (χ0n) is 23.1. The van der Waals surface area contributed by atoms with Crippen molar-refractivity contribution in [3.63, 3.8) is 0 Å². The first-order chi connectivity index (χ1) is 20.3.